The van der Waals surface area contributed by atoms with E-state index in [-0.39, 0.29) is 24.0 Å². The van der Waals surface area contributed by atoms with Gasteiger partial charge < -0.3 is 5.32 Å². The summed E-state index contributed by atoms with van der Waals surface area (Å²) in [6, 6.07) is 4.95. The summed E-state index contributed by atoms with van der Waals surface area (Å²) in [7, 11) is 0. The second-order valence-electron chi connectivity index (χ2n) is 7.67. The van der Waals surface area contributed by atoms with Crippen molar-refractivity contribution < 1.29 is 19.2 Å². The van der Waals surface area contributed by atoms with Crippen molar-refractivity contribution in [3.05, 3.63) is 35.4 Å². The Morgan fingerprint density at radius 1 is 1.21 bits per heavy atom. The molecular weight excluding hydrogens is 372 g/mol. The van der Waals surface area contributed by atoms with Crippen molar-refractivity contribution in [1.82, 2.24) is 15.6 Å². The van der Waals surface area contributed by atoms with Crippen molar-refractivity contribution in [2.24, 2.45) is 11.0 Å². The zero-order valence-corrected chi connectivity index (χ0v) is 16.9. The lowest BCUT2D eigenvalue weighted by Crippen LogP contribution is -2.50. The fourth-order valence-corrected chi connectivity index (χ4v) is 3.61. The molecule has 2 heterocycles. The van der Waals surface area contributed by atoms with Gasteiger partial charge in [0.2, 0.25) is 11.7 Å². The van der Waals surface area contributed by atoms with E-state index in [2.05, 4.69) is 15.8 Å². The Morgan fingerprint density at radius 2 is 1.83 bits per heavy atom. The van der Waals surface area contributed by atoms with Crippen LogP contribution in [0.2, 0.25) is 0 Å². The van der Waals surface area contributed by atoms with Crippen LogP contribution < -0.4 is 10.7 Å². The fraction of sp³-hybridized carbons (Fsp3) is 0.476. The molecule has 154 valence electrons. The highest BCUT2D eigenvalue weighted by Gasteiger charge is 2.45. The molecule has 1 aromatic carbocycles. The molecule has 0 saturated heterocycles. The van der Waals surface area contributed by atoms with Crippen LogP contribution in [0.1, 0.15) is 60.7 Å². The van der Waals surface area contributed by atoms with Gasteiger partial charge >= 0.3 is 0 Å². The number of nitrogens with zero attached hydrogens (tertiary/aromatic N) is 2. The molecule has 3 amide bonds. The van der Waals surface area contributed by atoms with Gasteiger partial charge in [-0.1, -0.05) is 39.3 Å². The third-order valence-electron chi connectivity index (χ3n) is 5.19. The molecule has 0 fully saturated rings. The first kappa shape index (κ1) is 20.7. The van der Waals surface area contributed by atoms with Crippen molar-refractivity contribution in [3.63, 3.8) is 0 Å². The van der Waals surface area contributed by atoms with Crippen LogP contribution in [0.3, 0.4) is 0 Å². The van der Waals surface area contributed by atoms with Gasteiger partial charge in [-0.15, -0.1) is 0 Å². The highest BCUT2D eigenvalue weighted by molar-refractivity contribution is 6.43. The van der Waals surface area contributed by atoms with Gasteiger partial charge in [0.05, 0.1) is 11.1 Å². The van der Waals surface area contributed by atoms with Gasteiger partial charge in [-0.25, -0.2) is 0 Å². The van der Waals surface area contributed by atoms with E-state index in [0.717, 1.165) is 17.7 Å². The first-order valence-corrected chi connectivity index (χ1v) is 9.97. The minimum absolute atomic E-state index is 0.128. The zero-order chi connectivity index (χ0) is 21.1. The van der Waals surface area contributed by atoms with Crippen molar-refractivity contribution in [2.75, 3.05) is 6.54 Å². The number of ketones is 1. The molecule has 2 N–H and O–H groups in total. The Labute approximate surface area is 169 Å². The number of amides is 3. The van der Waals surface area contributed by atoms with E-state index in [1.54, 1.807) is 38.1 Å². The number of carbonyl (C=O) groups excluding carboxylic acids is 4. The average molecular weight is 398 g/mol. The molecule has 3 rings (SSSR count). The summed E-state index contributed by atoms with van der Waals surface area (Å²) in [5, 5.41) is 6.86. The minimum Gasteiger partial charge on any atom is -0.354 e. The van der Waals surface area contributed by atoms with Crippen LogP contribution in [0.5, 0.6) is 0 Å². The number of fused-ring (bicyclic) bond motifs is 1. The molecular formula is C21H26N4O4. The minimum atomic E-state index is -0.968. The Kier molecular flexibility index (Phi) is 6.10. The summed E-state index contributed by atoms with van der Waals surface area (Å²) in [6.07, 6.45) is 1.97. The van der Waals surface area contributed by atoms with Crippen molar-refractivity contribution in [2.45, 2.75) is 52.1 Å². The topological polar surface area (TPSA) is 108 Å². The number of imide groups is 1. The van der Waals surface area contributed by atoms with E-state index in [9.17, 15) is 19.2 Å². The molecule has 8 heteroatoms. The Hall–Kier alpha value is -3.03. The van der Waals surface area contributed by atoms with Gasteiger partial charge in [-0.2, -0.15) is 5.10 Å². The van der Waals surface area contributed by atoms with Crippen LogP contribution in [-0.4, -0.2) is 52.7 Å². The Morgan fingerprint density at radius 3 is 2.38 bits per heavy atom. The zero-order valence-electron chi connectivity index (χ0n) is 16.9. The van der Waals surface area contributed by atoms with E-state index in [1.165, 1.54) is 0 Å². The maximum Gasteiger partial charge on any atom is 0.262 e. The number of hydrogen-bond acceptors (Lipinski definition) is 6. The van der Waals surface area contributed by atoms with Crippen LogP contribution in [0.4, 0.5) is 0 Å². The second-order valence-corrected chi connectivity index (χ2v) is 7.67. The highest BCUT2D eigenvalue weighted by atomic mass is 16.2. The number of hydrogen-bond donors (Lipinski definition) is 2. The number of Topliss-reactive ketones (excluding diaryl/α,β-unsaturated/α-hetero) is 1. The molecule has 2 aliphatic heterocycles. The number of hydrazone groups is 1. The van der Waals surface area contributed by atoms with Gasteiger partial charge in [-0.05, 0) is 24.5 Å². The summed E-state index contributed by atoms with van der Waals surface area (Å²) >= 11 is 0. The van der Waals surface area contributed by atoms with E-state index >= 15 is 0 Å². The highest BCUT2D eigenvalue weighted by Crippen LogP contribution is 2.28. The Balaban J connectivity index is 1.74. The Bertz CT molecular complexity index is 842. The largest absolute Gasteiger partial charge is 0.354 e. The van der Waals surface area contributed by atoms with Crippen LogP contribution in [0, 0.1) is 5.92 Å². The lowest BCUT2D eigenvalue weighted by molar-refractivity contribution is -0.122. The molecule has 0 aromatic heterocycles. The van der Waals surface area contributed by atoms with Crippen molar-refractivity contribution in [3.8, 4) is 0 Å². The third-order valence-corrected chi connectivity index (χ3v) is 5.19. The average Bonchev–Trinajstić information content (AvgIpc) is 3.28. The summed E-state index contributed by atoms with van der Waals surface area (Å²) in [6.45, 7) is 6.17. The number of benzene rings is 1. The summed E-state index contributed by atoms with van der Waals surface area (Å²) in [4.78, 5) is 52.1. The lowest BCUT2D eigenvalue weighted by Gasteiger charge is -2.28. The predicted molar refractivity (Wildman–Crippen MR) is 107 cm³/mol. The molecule has 0 aliphatic carbocycles. The first-order chi connectivity index (χ1) is 13.9. The van der Waals surface area contributed by atoms with Crippen LogP contribution in [0.25, 0.3) is 0 Å². The summed E-state index contributed by atoms with van der Waals surface area (Å²) in [5.41, 5.74) is 3.48. The summed E-state index contributed by atoms with van der Waals surface area (Å²) in [5.74, 6) is -1.88. The molecule has 0 bridgehead atoms. The standard InChI is InChI=1S/C21H26N4O4/c1-4-5-10-22-19(27)16-11-15(23-24-16)18(26)17(12(2)3)25-20(28)13-8-6-7-9-14(13)21(25)29/h6-9,12,16-17,24H,4-5,10-11H2,1-3H3,(H,22,27). The SMILES string of the molecule is CCCCNC(=O)C1CC(C(=O)C(C(C)C)N2C(=O)c3ccccc3C2=O)=NN1. The van der Waals surface area contributed by atoms with E-state index < -0.39 is 29.7 Å². The molecule has 2 aliphatic rings. The molecule has 0 radical (unpaired) electrons. The number of rotatable bonds is 8. The fourth-order valence-electron chi connectivity index (χ4n) is 3.61. The van der Waals surface area contributed by atoms with Gasteiger partial charge in [-0.3, -0.25) is 29.5 Å². The molecule has 2 atom stereocenters. The van der Waals surface area contributed by atoms with Crippen molar-refractivity contribution >= 4 is 29.2 Å². The van der Waals surface area contributed by atoms with E-state index in [4.69, 9.17) is 0 Å². The molecule has 29 heavy (non-hydrogen) atoms. The molecule has 2 unspecified atom stereocenters. The molecule has 8 nitrogen and oxygen atoms in total. The number of nitrogens with one attached hydrogen (secondary N) is 2. The monoisotopic (exact) mass is 398 g/mol. The normalized spacial score (nSPS) is 19.1. The quantitative estimate of drug-likeness (QED) is 0.510. The van der Waals surface area contributed by atoms with Crippen molar-refractivity contribution in [1.29, 1.82) is 0 Å². The third kappa shape index (κ3) is 3.92. The van der Waals surface area contributed by atoms with Crippen LogP contribution in [-0.2, 0) is 9.59 Å². The van der Waals surface area contributed by atoms with Gasteiger partial charge in [0.1, 0.15) is 17.8 Å². The maximum atomic E-state index is 13.2. The van der Waals surface area contributed by atoms with E-state index in [0.29, 0.717) is 17.7 Å². The predicted octanol–water partition coefficient (Wildman–Crippen LogP) is 1.51. The molecule has 1 aromatic rings. The lowest BCUT2D eigenvalue weighted by atomic mass is 9.93. The molecule has 0 spiro atoms. The van der Waals surface area contributed by atoms with Gasteiger partial charge in [0.25, 0.3) is 11.8 Å². The van der Waals surface area contributed by atoms with E-state index in [1.807, 2.05) is 6.92 Å². The molecule has 0 saturated carbocycles. The number of carbonyl (C=O) groups is 4. The van der Waals surface area contributed by atoms with Crippen LogP contribution >= 0.6 is 0 Å². The first-order valence-electron chi connectivity index (χ1n) is 9.97. The number of unbranched alkanes of at least 4 members (excludes halogenated alkanes) is 1. The maximum absolute atomic E-state index is 13.2. The smallest absolute Gasteiger partial charge is 0.262 e. The van der Waals surface area contributed by atoms with Gasteiger partial charge in [0, 0.05) is 13.0 Å². The van der Waals surface area contributed by atoms with Crippen LogP contribution in [0.15, 0.2) is 29.4 Å². The summed E-state index contributed by atoms with van der Waals surface area (Å²) < 4.78 is 0. The second kappa shape index (κ2) is 8.55. The van der Waals surface area contributed by atoms with Gasteiger partial charge in [0.15, 0.2) is 0 Å².